The summed E-state index contributed by atoms with van der Waals surface area (Å²) in [4.78, 5) is 25.6. The van der Waals surface area contributed by atoms with Crippen molar-refractivity contribution in [3.8, 4) is 0 Å². The van der Waals surface area contributed by atoms with Crippen LogP contribution in [0, 0.1) is 11.3 Å². The minimum atomic E-state index is -0.865. The van der Waals surface area contributed by atoms with Gasteiger partial charge in [-0.1, -0.05) is 32.9 Å². The molecule has 1 atom stereocenters. The third-order valence-corrected chi connectivity index (χ3v) is 4.45. The summed E-state index contributed by atoms with van der Waals surface area (Å²) in [5.74, 6) is -0.786. The number of hydrogen-bond acceptors (Lipinski definition) is 4. The lowest BCUT2D eigenvalue weighted by molar-refractivity contribution is -0.150. The highest BCUT2D eigenvalue weighted by Crippen LogP contribution is 2.38. The zero-order valence-electron chi connectivity index (χ0n) is 12.9. The van der Waals surface area contributed by atoms with E-state index >= 15 is 0 Å². The monoisotopic (exact) mass is 294 g/mol. The Bertz CT molecular complexity index is 550. The number of aromatic nitrogens is 1. The van der Waals surface area contributed by atoms with Crippen molar-refractivity contribution in [3.63, 3.8) is 0 Å². The normalized spacial score (nSPS) is 22.3. The van der Waals surface area contributed by atoms with E-state index in [9.17, 15) is 14.7 Å². The van der Waals surface area contributed by atoms with E-state index in [-0.39, 0.29) is 30.0 Å². The van der Waals surface area contributed by atoms with Gasteiger partial charge in [0.15, 0.2) is 0 Å². The Morgan fingerprint density at radius 3 is 2.48 bits per heavy atom. The molecule has 0 bridgehead atoms. The lowest BCUT2D eigenvalue weighted by Gasteiger charge is -2.28. The van der Waals surface area contributed by atoms with Crippen molar-refractivity contribution in [1.82, 2.24) is 10.1 Å². The molecule has 0 radical (unpaired) electrons. The Labute approximate surface area is 124 Å². The van der Waals surface area contributed by atoms with Gasteiger partial charge in [-0.3, -0.25) is 9.59 Å². The largest absolute Gasteiger partial charge is 0.481 e. The lowest BCUT2D eigenvalue weighted by Crippen LogP contribution is -2.40. The number of carboxylic acids is 1. The van der Waals surface area contributed by atoms with Crippen molar-refractivity contribution in [2.24, 2.45) is 11.3 Å². The molecule has 0 saturated carbocycles. The summed E-state index contributed by atoms with van der Waals surface area (Å²) >= 11 is 0. The summed E-state index contributed by atoms with van der Waals surface area (Å²) in [6.45, 7) is 8.35. The molecule has 1 amide bonds. The maximum Gasteiger partial charge on any atom is 0.311 e. The second-order valence-electron chi connectivity index (χ2n) is 6.36. The molecule has 1 fully saturated rings. The molecule has 2 rings (SSSR count). The van der Waals surface area contributed by atoms with Gasteiger partial charge in [0.05, 0.1) is 11.1 Å². The number of carbonyl (C=O) groups excluding carboxylic acids is 1. The van der Waals surface area contributed by atoms with E-state index < -0.39 is 11.4 Å². The highest BCUT2D eigenvalue weighted by molar-refractivity contribution is 5.92. The predicted octanol–water partition coefficient (Wildman–Crippen LogP) is 2.37. The maximum atomic E-state index is 12.4. The molecule has 1 saturated heterocycles. The Morgan fingerprint density at radius 2 is 2.05 bits per heavy atom. The fraction of sp³-hybridized carbons (Fsp3) is 0.667. The van der Waals surface area contributed by atoms with E-state index in [1.807, 2.05) is 27.7 Å². The average molecular weight is 294 g/mol. The minimum Gasteiger partial charge on any atom is -0.481 e. The van der Waals surface area contributed by atoms with Crippen molar-refractivity contribution in [3.05, 3.63) is 17.5 Å². The predicted molar refractivity (Wildman–Crippen MR) is 76.0 cm³/mol. The Morgan fingerprint density at radius 1 is 1.38 bits per heavy atom. The number of likely N-dealkylation sites (tertiary alicyclic amines) is 1. The summed E-state index contributed by atoms with van der Waals surface area (Å²) in [6.07, 6.45) is 0.469. The van der Waals surface area contributed by atoms with Crippen LogP contribution >= 0.6 is 0 Å². The molecule has 21 heavy (non-hydrogen) atoms. The van der Waals surface area contributed by atoms with Crippen LogP contribution in [-0.2, 0) is 4.79 Å². The van der Waals surface area contributed by atoms with Crippen LogP contribution in [0.4, 0.5) is 0 Å². The molecule has 6 heteroatoms. The number of carboxylic acid groups (broad SMARTS) is 1. The summed E-state index contributed by atoms with van der Waals surface area (Å²) in [7, 11) is 0. The molecule has 0 aliphatic carbocycles. The van der Waals surface area contributed by atoms with E-state index in [4.69, 9.17) is 4.52 Å². The highest BCUT2D eigenvalue weighted by atomic mass is 16.5. The summed E-state index contributed by atoms with van der Waals surface area (Å²) in [5, 5.41) is 13.4. The molecule has 1 aromatic heterocycles. The third-order valence-electron chi connectivity index (χ3n) is 4.45. The Kier molecular flexibility index (Phi) is 4.07. The van der Waals surface area contributed by atoms with Gasteiger partial charge in [0, 0.05) is 19.2 Å². The number of rotatable bonds is 4. The number of amides is 1. The van der Waals surface area contributed by atoms with Crippen LogP contribution in [0.5, 0.6) is 0 Å². The first-order chi connectivity index (χ1) is 9.78. The van der Waals surface area contributed by atoms with E-state index in [0.29, 0.717) is 13.0 Å². The average Bonchev–Trinajstić information content (AvgIpc) is 3.06. The molecule has 1 aromatic rings. The van der Waals surface area contributed by atoms with Crippen LogP contribution in [0.25, 0.3) is 0 Å². The van der Waals surface area contributed by atoms with Gasteiger partial charge >= 0.3 is 5.97 Å². The maximum absolute atomic E-state index is 12.4. The second kappa shape index (κ2) is 5.50. The molecule has 1 aliphatic heterocycles. The standard InChI is InChI=1S/C15H22N2O4/c1-9(2)11-7-12(21-16-11)13(18)17-6-5-15(8-17,10(3)4)14(19)20/h7,9-10H,5-6,8H2,1-4H3,(H,19,20). The van der Waals surface area contributed by atoms with Crippen molar-refractivity contribution >= 4 is 11.9 Å². The third kappa shape index (κ3) is 2.66. The molecule has 0 aromatic carbocycles. The van der Waals surface area contributed by atoms with E-state index in [2.05, 4.69) is 5.16 Å². The number of hydrogen-bond donors (Lipinski definition) is 1. The van der Waals surface area contributed by atoms with Crippen molar-refractivity contribution in [2.75, 3.05) is 13.1 Å². The zero-order chi connectivity index (χ0) is 15.8. The second-order valence-corrected chi connectivity index (χ2v) is 6.36. The molecule has 1 unspecified atom stereocenters. The highest BCUT2D eigenvalue weighted by Gasteiger charge is 2.48. The lowest BCUT2D eigenvalue weighted by atomic mass is 9.76. The van der Waals surface area contributed by atoms with Crippen LogP contribution in [0.2, 0.25) is 0 Å². The molecule has 0 spiro atoms. The quantitative estimate of drug-likeness (QED) is 0.921. The van der Waals surface area contributed by atoms with Gasteiger partial charge in [0.2, 0.25) is 5.76 Å². The van der Waals surface area contributed by atoms with Crippen LogP contribution < -0.4 is 0 Å². The first kappa shape index (κ1) is 15.5. The first-order valence-electron chi connectivity index (χ1n) is 7.27. The molecule has 1 N–H and O–H groups in total. The number of carbonyl (C=O) groups is 2. The molecule has 2 heterocycles. The van der Waals surface area contributed by atoms with Crippen LogP contribution in [-0.4, -0.2) is 40.1 Å². The van der Waals surface area contributed by atoms with E-state index in [1.54, 1.807) is 11.0 Å². The van der Waals surface area contributed by atoms with Gasteiger partial charge in [0.1, 0.15) is 0 Å². The fourth-order valence-electron chi connectivity index (χ4n) is 2.72. The molecular formula is C15H22N2O4. The molecule has 6 nitrogen and oxygen atoms in total. The first-order valence-corrected chi connectivity index (χ1v) is 7.27. The molecule has 1 aliphatic rings. The van der Waals surface area contributed by atoms with Gasteiger partial charge < -0.3 is 14.5 Å². The number of nitrogens with zero attached hydrogens (tertiary/aromatic N) is 2. The van der Waals surface area contributed by atoms with Crippen LogP contribution in [0.15, 0.2) is 10.6 Å². The van der Waals surface area contributed by atoms with E-state index in [0.717, 1.165) is 5.69 Å². The summed E-state index contributed by atoms with van der Waals surface area (Å²) < 4.78 is 5.10. The fourth-order valence-corrected chi connectivity index (χ4v) is 2.72. The number of aliphatic carboxylic acids is 1. The molecular weight excluding hydrogens is 272 g/mol. The van der Waals surface area contributed by atoms with Gasteiger partial charge in [-0.25, -0.2) is 0 Å². The summed E-state index contributed by atoms with van der Waals surface area (Å²) in [6, 6.07) is 1.64. The van der Waals surface area contributed by atoms with Crippen molar-refractivity contribution < 1.29 is 19.2 Å². The van der Waals surface area contributed by atoms with Gasteiger partial charge in [0.25, 0.3) is 5.91 Å². The SMILES string of the molecule is CC(C)c1cc(C(=O)N2CCC(C(=O)O)(C(C)C)C2)on1. The molecule has 116 valence electrons. The van der Waals surface area contributed by atoms with Crippen molar-refractivity contribution in [1.29, 1.82) is 0 Å². The summed E-state index contributed by atoms with van der Waals surface area (Å²) in [5.41, 5.74) is -0.137. The van der Waals surface area contributed by atoms with Crippen LogP contribution in [0.3, 0.4) is 0 Å². The van der Waals surface area contributed by atoms with Gasteiger partial charge in [-0.05, 0) is 18.3 Å². The Hall–Kier alpha value is -1.85. The van der Waals surface area contributed by atoms with Crippen molar-refractivity contribution in [2.45, 2.75) is 40.0 Å². The smallest absolute Gasteiger partial charge is 0.311 e. The van der Waals surface area contributed by atoms with E-state index in [1.165, 1.54) is 0 Å². The Balaban J connectivity index is 2.16. The minimum absolute atomic E-state index is 0.0336. The van der Waals surface area contributed by atoms with Gasteiger partial charge in [-0.15, -0.1) is 0 Å². The van der Waals surface area contributed by atoms with Gasteiger partial charge in [-0.2, -0.15) is 0 Å². The topological polar surface area (TPSA) is 83.6 Å². The zero-order valence-corrected chi connectivity index (χ0v) is 12.9. The van der Waals surface area contributed by atoms with Crippen LogP contribution in [0.1, 0.15) is 56.3 Å².